The van der Waals surface area contributed by atoms with Crippen molar-refractivity contribution < 1.29 is 4.74 Å². The summed E-state index contributed by atoms with van der Waals surface area (Å²) in [5.74, 6) is 1.12. The van der Waals surface area contributed by atoms with E-state index in [0.29, 0.717) is 17.9 Å². The SMILES string of the molecule is CCCNc1nc(OC)nc(N(C)Cc2csc(Br)c2)n1. The molecule has 0 radical (unpaired) electrons. The van der Waals surface area contributed by atoms with E-state index in [4.69, 9.17) is 4.74 Å². The van der Waals surface area contributed by atoms with Crippen molar-refractivity contribution >= 4 is 39.2 Å². The number of nitrogens with zero attached hydrogens (tertiary/aromatic N) is 4. The lowest BCUT2D eigenvalue weighted by Crippen LogP contribution is -2.20. The first-order valence-electron chi connectivity index (χ1n) is 6.60. The zero-order chi connectivity index (χ0) is 15.2. The van der Waals surface area contributed by atoms with Crippen molar-refractivity contribution in [2.45, 2.75) is 19.9 Å². The lowest BCUT2D eigenvalue weighted by molar-refractivity contribution is 0.379. The first kappa shape index (κ1) is 16.0. The van der Waals surface area contributed by atoms with Gasteiger partial charge in [-0.3, -0.25) is 0 Å². The second-order valence-corrected chi connectivity index (χ2v) is 6.78. The van der Waals surface area contributed by atoms with Crippen LogP contribution in [-0.4, -0.2) is 35.7 Å². The van der Waals surface area contributed by atoms with Gasteiger partial charge in [-0.2, -0.15) is 15.0 Å². The topological polar surface area (TPSA) is 63.2 Å². The predicted molar refractivity (Wildman–Crippen MR) is 89.3 cm³/mol. The Balaban J connectivity index is 2.16. The van der Waals surface area contributed by atoms with Crippen LogP contribution in [0.25, 0.3) is 0 Å². The number of nitrogens with one attached hydrogen (secondary N) is 1. The molecule has 0 spiro atoms. The maximum atomic E-state index is 5.15. The maximum absolute atomic E-state index is 5.15. The summed E-state index contributed by atoms with van der Waals surface area (Å²) >= 11 is 5.13. The average Bonchev–Trinajstić information content (AvgIpc) is 2.89. The molecule has 0 aromatic carbocycles. The van der Waals surface area contributed by atoms with Crippen LogP contribution < -0.4 is 15.0 Å². The zero-order valence-corrected chi connectivity index (χ0v) is 14.7. The number of ether oxygens (including phenoxy) is 1. The second-order valence-electron chi connectivity index (χ2n) is 4.49. The summed E-state index contributed by atoms with van der Waals surface area (Å²) in [6.07, 6.45) is 1.00. The van der Waals surface area contributed by atoms with Gasteiger partial charge in [0.25, 0.3) is 0 Å². The van der Waals surface area contributed by atoms with Gasteiger partial charge < -0.3 is 15.0 Å². The van der Waals surface area contributed by atoms with Crippen LogP contribution in [0.5, 0.6) is 6.01 Å². The van der Waals surface area contributed by atoms with Crippen molar-refractivity contribution in [1.82, 2.24) is 15.0 Å². The Bertz CT molecular complexity index is 592. The molecule has 0 saturated heterocycles. The number of hydrogen-bond acceptors (Lipinski definition) is 7. The third-order valence-corrected chi connectivity index (χ3v) is 4.25. The van der Waals surface area contributed by atoms with E-state index in [0.717, 1.165) is 23.3 Å². The Morgan fingerprint density at radius 3 is 2.81 bits per heavy atom. The Kier molecular flexibility index (Phi) is 5.75. The summed E-state index contributed by atoms with van der Waals surface area (Å²) in [5.41, 5.74) is 1.21. The molecule has 2 rings (SSSR count). The van der Waals surface area contributed by atoms with E-state index < -0.39 is 0 Å². The molecule has 0 saturated carbocycles. The monoisotopic (exact) mass is 371 g/mol. The minimum absolute atomic E-state index is 0.317. The Morgan fingerprint density at radius 1 is 1.38 bits per heavy atom. The van der Waals surface area contributed by atoms with Crippen molar-refractivity contribution in [3.8, 4) is 6.01 Å². The summed E-state index contributed by atoms with van der Waals surface area (Å²) in [7, 11) is 3.50. The van der Waals surface area contributed by atoms with Crippen LogP contribution in [0.2, 0.25) is 0 Å². The normalized spacial score (nSPS) is 10.5. The van der Waals surface area contributed by atoms with E-state index in [1.807, 2.05) is 11.9 Å². The predicted octanol–water partition coefficient (Wildman–Crippen LogP) is 3.16. The number of halogens is 1. The highest BCUT2D eigenvalue weighted by Crippen LogP contribution is 2.23. The van der Waals surface area contributed by atoms with Gasteiger partial charge in [-0.15, -0.1) is 11.3 Å². The van der Waals surface area contributed by atoms with Gasteiger partial charge in [0.05, 0.1) is 10.9 Å². The van der Waals surface area contributed by atoms with Crippen LogP contribution in [0.15, 0.2) is 15.2 Å². The number of methoxy groups -OCH3 is 1. The van der Waals surface area contributed by atoms with Gasteiger partial charge in [0.2, 0.25) is 11.9 Å². The Labute approximate surface area is 136 Å². The molecule has 6 nitrogen and oxygen atoms in total. The minimum Gasteiger partial charge on any atom is -0.467 e. The van der Waals surface area contributed by atoms with E-state index in [2.05, 4.69) is 54.6 Å². The number of rotatable bonds is 7. The number of aromatic nitrogens is 3. The van der Waals surface area contributed by atoms with Gasteiger partial charge in [-0.25, -0.2) is 0 Å². The van der Waals surface area contributed by atoms with Crippen LogP contribution in [0.1, 0.15) is 18.9 Å². The van der Waals surface area contributed by atoms with Gasteiger partial charge in [0.1, 0.15) is 0 Å². The van der Waals surface area contributed by atoms with Gasteiger partial charge >= 0.3 is 6.01 Å². The third-order valence-electron chi connectivity index (χ3n) is 2.70. The first-order valence-corrected chi connectivity index (χ1v) is 8.27. The van der Waals surface area contributed by atoms with Crippen molar-refractivity contribution in [2.75, 3.05) is 30.9 Å². The maximum Gasteiger partial charge on any atom is 0.322 e. The molecule has 0 amide bonds. The fourth-order valence-electron chi connectivity index (χ4n) is 1.70. The van der Waals surface area contributed by atoms with Gasteiger partial charge in [-0.05, 0) is 39.4 Å². The molecule has 21 heavy (non-hydrogen) atoms. The second kappa shape index (κ2) is 7.56. The molecule has 0 bridgehead atoms. The third kappa shape index (κ3) is 4.53. The van der Waals surface area contributed by atoms with Crippen LogP contribution in [-0.2, 0) is 6.54 Å². The molecule has 0 unspecified atom stereocenters. The van der Waals surface area contributed by atoms with Gasteiger partial charge in [0, 0.05) is 20.1 Å². The highest BCUT2D eigenvalue weighted by molar-refractivity contribution is 9.11. The van der Waals surface area contributed by atoms with Crippen LogP contribution >= 0.6 is 27.3 Å². The van der Waals surface area contributed by atoms with Crippen LogP contribution in [0, 0.1) is 0 Å². The van der Waals surface area contributed by atoms with Crippen molar-refractivity contribution in [3.05, 3.63) is 20.8 Å². The van der Waals surface area contributed by atoms with E-state index in [-0.39, 0.29) is 0 Å². The molecule has 0 aliphatic rings. The van der Waals surface area contributed by atoms with E-state index >= 15 is 0 Å². The Morgan fingerprint density at radius 2 is 2.19 bits per heavy atom. The van der Waals surface area contributed by atoms with Crippen molar-refractivity contribution in [2.24, 2.45) is 0 Å². The van der Waals surface area contributed by atoms with Crippen LogP contribution in [0.3, 0.4) is 0 Å². The quantitative estimate of drug-likeness (QED) is 0.806. The lowest BCUT2D eigenvalue weighted by atomic mass is 10.3. The number of anilines is 2. The van der Waals surface area contributed by atoms with Crippen molar-refractivity contribution in [3.63, 3.8) is 0 Å². The fraction of sp³-hybridized carbons (Fsp3) is 0.462. The average molecular weight is 372 g/mol. The highest BCUT2D eigenvalue weighted by Gasteiger charge is 2.11. The lowest BCUT2D eigenvalue weighted by Gasteiger charge is -2.17. The van der Waals surface area contributed by atoms with E-state index in [1.54, 1.807) is 18.4 Å². The zero-order valence-electron chi connectivity index (χ0n) is 12.3. The summed E-state index contributed by atoms with van der Waals surface area (Å²) in [6, 6.07) is 2.41. The number of thiophene rings is 1. The fourth-order valence-corrected chi connectivity index (χ4v) is 2.90. The van der Waals surface area contributed by atoms with E-state index in [1.165, 1.54) is 5.56 Å². The molecular formula is C13H18BrN5OS. The molecule has 0 aliphatic heterocycles. The minimum atomic E-state index is 0.317. The van der Waals surface area contributed by atoms with E-state index in [9.17, 15) is 0 Å². The van der Waals surface area contributed by atoms with Crippen LogP contribution in [0.4, 0.5) is 11.9 Å². The molecule has 2 heterocycles. The summed E-state index contributed by atoms with van der Waals surface area (Å²) in [4.78, 5) is 14.9. The van der Waals surface area contributed by atoms with Gasteiger partial charge in [-0.1, -0.05) is 6.92 Å². The largest absolute Gasteiger partial charge is 0.467 e. The molecule has 114 valence electrons. The molecule has 8 heteroatoms. The standard InChI is InChI=1S/C13H18BrN5OS/c1-4-5-15-11-16-12(18-13(17-11)20-3)19(2)7-9-6-10(14)21-8-9/h6,8H,4-5,7H2,1-3H3,(H,15,16,17,18). The molecule has 2 aromatic rings. The molecule has 0 atom stereocenters. The molecular weight excluding hydrogens is 354 g/mol. The molecule has 0 aliphatic carbocycles. The first-order chi connectivity index (χ1) is 10.1. The number of hydrogen-bond donors (Lipinski definition) is 1. The molecule has 2 aromatic heterocycles. The summed E-state index contributed by atoms with van der Waals surface area (Å²) in [6.45, 7) is 3.63. The molecule has 1 N–H and O–H groups in total. The summed E-state index contributed by atoms with van der Waals surface area (Å²) < 4.78 is 6.26. The van der Waals surface area contributed by atoms with Crippen molar-refractivity contribution in [1.29, 1.82) is 0 Å². The Hall–Kier alpha value is -1.41. The van der Waals surface area contributed by atoms with Gasteiger partial charge in [0.15, 0.2) is 0 Å². The smallest absolute Gasteiger partial charge is 0.322 e. The highest BCUT2D eigenvalue weighted by atomic mass is 79.9. The summed E-state index contributed by atoms with van der Waals surface area (Å²) in [5, 5.41) is 5.26. The molecule has 0 fully saturated rings.